The Morgan fingerprint density at radius 1 is 1.07 bits per heavy atom. The van der Waals surface area contributed by atoms with Crippen molar-refractivity contribution in [2.45, 2.75) is 77.0 Å². The number of phenolic OH excluding ortho intramolecular Hbond substituents is 1. The van der Waals surface area contributed by atoms with Crippen molar-refractivity contribution in [3.63, 3.8) is 0 Å². The summed E-state index contributed by atoms with van der Waals surface area (Å²) in [6.07, 6.45) is 1.40. The van der Waals surface area contributed by atoms with E-state index in [4.69, 9.17) is 9.26 Å². The number of carbonyl (C=O) groups is 2. The number of hydrogen-bond acceptors (Lipinski definition) is 12. The molecule has 2 fully saturated rings. The van der Waals surface area contributed by atoms with Crippen molar-refractivity contribution >= 4 is 34.2 Å². The first-order valence-electron chi connectivity index (χ1n) is 20.3. The number of aliphatic hydroxyl groups is 1. The third-order valence-corrected chi connectivity index (χ3v) is 12.5. The molecule has 5 atom stereocenters. The highest BCUT2D eigenvalue weighted by atomic mass is 32.1. The summed E-state index contributed by atoms with van der Waals surface area (Å²) in [6.45, 7) is 10.6. The number of fused-ring (bicyclic) bond motifs is 1. The maximum Gasteiger partial charge on any atom is 0.254 e. The third-order valence-electron chi connectivity index (χ3n) is 11.6. The van der Waals surface area contributed by atoms with Crippen LogP contribution in [0.25, 0.3) is 32.7 Å². The molecule has 14 nitrogen and oxygen atoms in total. The Morgan fingerprint density at radius 3 is 2.64 bits per heavy atom. The molecular formula is C44H50N8O6S. The minimum atomic E-state index is -0.828. The number of aromatic nitrogens is 5. The molecule has 6 heterocycles. The molecule has 2 amide bonds. The number of hydrogen-bond donors (Lipinski definition) is 4. The third kappa shape index (κ3) is 8.73. The van der Waals surface area contributed by atoms with E-state index < -0.39 is 18.1 Å². The van der Waals surface area contributed by atoms with Gasteiger partial charge in [0.05, 0.1) is 33.9 Å². The molecule has 0 bridgehead atoms. The zero-order chi connectivity index (χ0) is 41.2. The zero-order valence-corrected chi connectivity index (χ0v) is 34.5. The van der Waals surface area contributed by atoms with E-state index in [1.165, 1.54) is 4.90 Å². The van der Waals surface area contributed by atoms with Gasteiger partial charge >= 0.3 is 0 Å². The maximum absolute atomic E-state index is 14.2. The number of rotatable bonds is 13. The summed E-state index contributed by atoms with van der Waals surface area (Å²) in [5, 5.41) is 37.9. The van der Waals surface area contributed by atoms with E-state index in [0.717, 1.165) is 58.7 Å². The first-order valence-corrected chi connectivity index (χ1v) is 21.2. The van der Waals surface area contributed by atoms with Crippen LogP contribution < -0.4 is 10.1 Å². The van der Waals surface area contributed by atoms with Crippen LogP contribution in [0.5, 0.6) is 11.6 Å². The van der Waals surface area contributed by atoms with Crippen LogP contribution in [-0.4, -0.2) is 102 Å². The van der Waals surface area contributed by atoms with Crippen molar-refractivity contribution in [2.75, 3.05) is 32.8 Å². The molecule has 1 unspecified atom stereocenters. The fourth-order valence-electron chi connectivity index (χ4n) is 8.39. The summed E-state index contributed by atoms with van der Waals surface area (Å²) in [4.78, 5) is 40.6. The molecule has 6 aromatic rings. The van der Waals surface area contributed by atoms with Crippen molar-refractivity contribution in [3.8, 4) is 33.3 Å². The number of benzene rings is 2. The number of aromatic hydroxyl groups is 1. The lowest BCUT2D eigenvalue weighted by Gasteiger charge is -2.32. The number of amides is 2. The molecule has 4 N–H and O–H groups in total. The second-order valence-electron chi connectivity index (χ2n) is 16.1. The Balaban J connectivity index is 0.859. The average molecular weight is 819 g/mol. The van der Waals surface area contributed by atoms with Crippen LogP contribution >= 0.6 is 11.3 Å². The van der Waals surface area contributed by atoms with E-state index in [1.54, 1.807) is 29.5 Å². The molecule has 2 saturated heterocycles. The topological polar surface area (TPSA) is 183 Å². The second-order valence-corrected chi connectivity index (χ2v) is 16.9. The average Bonchev–Trinajstić information content (AvgIpc) is 4.05. The minimum absolute atomic E-state index is 0.0525. The number of piperidine rings is 1. The normalized spacial score (nSPS) is 19.6. The largest absolute Gasteiger partial charge is 0.507 e. The smallest absolute Gasteiger partial charge is 0.254 e. The summed E-state index contributed by atoms with van der Waals surface area (Å²) < 4.78 is 11.8. The number of aryl methyl sites for hydroxylation is 1. The molecular weight excluding hydrogens is 769 g/mol. The number of nitrogens with zero attached hydrogens (tertiary/aromatic N) is 6. The standard InChI is InChI=1S/C44H50N8O6S/c1-25(2)40(44(56)52-23-32(53)20-36(52)43(55)46-26(3)28-11-13-29(14-12-28)41-27(4)45-24-59-41)38-21-39(50-58-38)57-17-16-51-15-7-8-30(22-51)34-18-31-19-35(48-49-42(31)47-34)33-9-5-6-10-37(33)54/h5-6,9-14,18-19,21,24-26,30,32,36,40,53-54H,7-8,15-17,20,22-23H2,1-4H3,(H,46,55)(H,47,49)/t26-,30?,32+,36-,40+/m0/s1. The quantitative estimate of drug-likeness (QED) is 0.0987. The van der Waals surface area contributed by atoms with Gasteiger partial charge in [0.2, 0.25) is 11.8 Å². The van der Waals surface area contributed by atoms with Gasteiger partial charge in [-0.2, -0.15) is 0 Å². The number of aromatic amines is 1. The first-order chi connectivity index (χ1) is 28.5. The molecule has 4 aromatic heterocycles. The van der Waals surface area contributed by atoms with Gasteiger partial charge in [0.1, 0.15) is 24.3 Å². The van der Waals surface area contributed by atoms with Crippen LogP contribution in [0.4, 0.5) is 0 Å². The van der Waals surface area contributed by atoms with Crippen molar-refractivity contribution in [1.29, 1.82) is 0 Å². The van der Waals surface area contributed by atoms with Gasteiger partial charge in [0.25, 0.3) is 5.88 Å². The number of likely N-dealkylation sites (tertiary alicyclic amines) is 2. The lowest BCUT2D eigenvalue weighted by Crippen LogP contribution is -2.48. The van der Waals surface area contributed by atoms with E-state index in [2.05, 4.69) is 41.6 Å². The Bertz CT molecular complexity index is 2410. The molecule has 0 radical (unpaired) electrons. The SMILES string of the molecule is Cc1ncsc1-c1ccc([C@H](C)NC(=O)[C@@H]2C[C@@H](O)CN2C(=O)[C@@H](c2cc(OCCN3CCCC(c4cc5cc(-c6ccccc6O)nnc5[nH]4)C3)no2)C(C)C)cc1. The first kappa shape index (κ1) is 40.2. The van der Waals surface area contributed by atoms with Gasteiger partial charge in [-0.05, 0) is 79.7 Å². The maximum atomic E-state index is 14.2. The van der Waals surface area contributed by atoms with Crippen LogP contribution in [-0.2, 0) is 9.59 Å². The van der Waals surface area contributed by atoms with Crippen LogP contribution in [0.1, 0.15) is 80.6 Å². The van der Waals surface area contributed by atoms with Gasteiger partial charge in [-0.15, -0.1) is 21.5 Å². The fourth-order valence-corrected chi connectivity index (χ4v) is 9.20. The van der Waals surface area contributed by atoms with E-state index in [9.17, 15) is 19.8 Å². The van der Waals surface area contributed by atoms with Crippen LogP contribution in [0.15, 0.2) is 76.8 Å². The minimum Gasteiger partial charge on any atom is -0.507 e. The molecule has 0 saturated carbocycles. The Hall–Kier alpha value is -5.64. The highest BCUT2D eigenvalue weighted by Gasteiger charge is 2.43. The Labute approximate surface area is 346 Å². The van der Waals surface area contributed by atoms with Gasteiger partial charge < -0.3 is 34.7 Å². The summed E-state index contributed by atoms with van der Waals surface area (Å²) >= 11 is 1.59. The molecule has 2 aliphatic heterocycles. The number of H-pyrrole nitrogens is 1. The van der Waals surface area contributed by atoms with Crippen molar-refractivity contribution in [1.82, 2.24) is 40.4 Å². The fraction of sp³-hybridized carbons (Fsp3) is 0.409. The summed E-state index contributed by atoms with van der Waals surface area (Å²) in [6, 6.07) is 19.8. The highest BCUT2D eigenvalue weighted by Crippen LogP contribution is 2.35. The van der Waals surface area contributed by atoms with Gasteiger partial charge in [0, 0.05) is 54.7 Å². The molecule has 2 aromatic carbocycles. The number of aliphatic hydroxyl groups excluding tert-OH is 1. The number of ether oxygens (including phenoxy) is 1. The number of nitrogens with one attached hydrogen (secondary N) is 2. The number of phenols is 1. The summed E-state index contributed by atoms with van der Waals surface area (Å²) in [5.74, 6) is -0.411. The van der Waals surface area contributed by atoms with Gasteiger partial charge in [0.15, 0.2) is 11.4 Å². The molecule has 0 spiro atoms. The number of β-amino-alcohol motifs (C(OH)–C–C–N with tert-alkyl or cyclic N) is 1. The van der Waals surface area contributed by atoms with E-state index in [1.807, 2.05) is 75.7 Å². The van der Waals surface area contributed by atoms with Gasteiger partial charge in [-0.1, -0.05) is 50.2 Å². The number of carbonyl (C=O) groups excluding carboxylic acids is 2. The van der Waals surface area contributed by atoms with Crippen molar-refractivity contribution < 1.29 is 29.1 Å². The van der Waals surface area contributed by atoms with Crippen LogP contribution in [0.3, 0.4) is 0 Å². The van der Waals surface area contributed by atoms with Crippen LogP contribution in [0.2, 0.25) is 0 Å². The predicted molar refractivity (Wildman–Crippen MR) is 224 cm³/mol. The lowest BCUT2D eigenvalue weighted by molar-refractivity contribution is -0.141. The Kier molecular flexibility index (Phi) is 11.8. The van der Waals surface area contributed by atoms with E-state index >= 15 is 0 Å². The monoisotopic (exact) mass is 818 g/mol. The van der Waals surface area contributed by atoms with Crippen molar-refractivity contribution in [3.05, 3.63) is 95.0 Å². The molecule has 59 heavy (non-hydrogen) atoms. The second kappa shape index (κ2) is 17.3. The van der Waals surface area contributed by atoms with Gasteiger partial charge in [-0.3, -0.25) is 14.5 Å². The lowest BCUT2D eigenvalue weighted by atomic mass is 9.91. The Morgan fingerprint density at radius 2 is 1.88 bits per heavy atom. The molecule has 2 aliphatic rings. The zero-order valence-electron chi connectivity index (χ0n) is 33.7. The van der Waals surface area contributed by atoms with Crippen LogP contribution in [0, 0.1) is 12.8 Å². The van der Waals surface area contributed by atoms with E-state index in [-0.39, 0.29) is 48.4 Å². The molecule has 15 heteroatoms. The number of thiazole rings is 1. The highest BCUT2D eigenvalue weighted by molar-refractivity contribution is 7.13. The van der Waals surface area contributed by atoms with Gasteiger partial charge in [-0.25, -0.2) is 4.98 Å². The summed E-state index contributed by atoms with van der Waals surface area (Å²) in [7, 11) is 0. The molecule has 8 rings (SSSR count). The predicted octanol–water partition coefficient (Wildman–Crippen LogP) is 6.59. The molecule has 0 aliphatic carbocycles. The number of para-hydroxylation sites is 1. The van der Waals surface area contributed by atoms with Crippen molar-refractivity contribution in [2.24, 2.45) is 5.92 Å². The summed E-state index contributed by atoms with van der Waals surface area (Å²) in [5.41, 5.74) is 7.90. The van der Waals surface area contributed by atoms with E-state index in [0.29, 0.717) is 41.7 Å². The molecule has 308 valence electrons.